The smallest absolute Gasteiger partial charge is 0.122 e. The van der Waals surface area contributed by atoms with E-state index in [9.17, 15) is 0 Å². The first-order chi connectivity index (χ1) is 8.34. The van der Waals surface area contributed by atoms with E-state index < -0.39 is 0 Å². The highest BCUT2D eigenvalue weighted by atomic mass is 16.5. The number of ether oxygens (including phenoxy) is 1. The van der Waals surface area contributed by atoms with Crippen molar-refractivity contribution in [2.24, 2.45) is 5.73 Å². The number of nitrogens with two attached hydrogens (primary N) is 1. The molecule has 2 unspecified atom stereocenters. The van der Waals surface area contributed by atoms with Crippen LogP contribution in [0.3, 0.4) is 0 Å². The van der Waals surface area contributed by atoms with Gasteiger partial charge in [-0.15, -0.1) is 0 Å². The Kier molecular flexibility index (Phi) is 2.57. The number of para-hydroxylation sites is 1. The molecular weight excluding hydrogens is 214 g/mol. The first-order valence-corrected chi connectivity index (χ1v) is 5.80. The van der Waals surface area contributed by atoms with Crippen LogP contribution < -0.4 is 10.5 Å². The number of benzene rings is 1. The van der Waals surface area contributed by atoms with Crippen molar-refractivity contribution in [2.75, 3.05) is 6.61 Å². The highest BCUT2D eigenvalue weighted by molar-refractivity contribution is 5.40. The van der Waals surface area contributed by atoms with Gasteiger partial charge in [0.25, 0.3) is 0 Å². The molecule has 0 saturated carbocycles. The molecule has 2 heterocycles. The van der Waals surface area contributed by atoms with Crippen molar-refractivity contribution in [3.8, 4) is 5.75 Å². The maximum absolute atomic E-state index is 6.25. The largest absolute Gasteiger partial charge is 0.493 e. The number of hydrogen-bond acceptors (Lipinski definition) is 3. The zero-order valence-corrected chi connectivity index (χ0v) is 9.47. The van der Waals surface area contributed by atoms with E-state index in [4.69, 9.17) is 10.5 Å². The highest BCUT2D eigenvalue weighted by Gasteiger charge is 2.29. The van der Waals surface area contributed by atoms with Gasteiger partial charge in [0.15, 0.2) is 0 Å². The molecule has 4 nitrogen and oxygen atoms in total. The zero-order valence-electron chi connectivity index (χ0n) is 9.47. The first kappa shape index (κ1) is 10.4. The molecule has 4 heteroatoms. The summed E-state index contributed by atoms with van der Waals surface area (Å²) in [5.74, 6) is 2.16. The van der Waals surface area contributed by atoms with Crippen molar-refractivity contribution in [3.05, 3.63) is 48.0 Å². The minimum Gasteiger partial charge on any atom is -0.493 e. The second-order valence-corrected chi connectivity index (χ2v) is 4.36. The quantitative estimate of drug-likeness (QED) is 0.837. The van der Waals surface area contributed by atoms with Crippen LogP contribution in [0.1, 0.15) is 17.3 Å². The van der Waals surface area contributed by atoms with E-state index in [1.807, 2.05) is 24.4 Å². The summed E-state index contributed by atoms with van der Waals surface area (Å²) in [6, 6.07) is 8.13. The van der Waals surface area contributed by atoms with Crippen LogP contribution in [0.15, 0.2) is 36.7 Å². The summed E-state index contributed by atoms with van der Waals surface area (Å²) >= 11 is 0. The van der Waals surface area contributed by atoms with Gasteiger partial charge in [0.05, 0.1) is 6.61 Å². The van der Waals surface area contributed by atoms with Gasteiger partial charge >= 0.3 is 0 Å². The van der Waals surface area contributed by atoms with Crippen molar-refractivity contribution in [1.82, 2.24) is 9.97 Å². The molecule has 17 heavy (non-hydrogen) atoms. The zero-order chi connectivity index (χ0) is 11.7. The van der Waals surface area contributed by atoms with Gasteiger partial charge in [-0.3, -0.25) is 0 Å². The second-order valence-electron chi connectivity index (χ2n) is 4.36. The fraction of sp³-hybridized carbons (Fsp3) is 0.308. The van der Waals surface area contributed by atoms with Crippen molar-refractivity contribution in [1.29, 1.82) is 0 Å². The maximum atomic E-state index is 6.25. The molecule has 0 spiro atoms. The van der Waals surface area contributed by atoms with E-state index in [1.54, 1.807) is 6.20 Å². The number of nitrogens with one attached hydrogen (secondary N) is 1. The molecule has 0 bridgehead atoms. The van der Waals surface area contributed by atoms with E-state index in [0.717, 1.165) is 18.0 Å². The molecule has 2 aromatic rings. The number of imidazole rings is 1. The van der Waals surface area contributed by atoms with Gasteiger partial charge in [-0.25, -0.2) is 4.98 Å². The third kappa shape index (κ3) is 1.91. The summed E-state index contributed by atoms with van der Waals surface area (Å²) < 4.78 is 5.64. The molecule has 0 amide bonds. The standard InChI is InChI=1S/C13H15N3O/c14-11(7-13-15-5-6-16-13)10-8-17-12-4-2-1-3-9(10)12/h1-6,10-11H,7-8,14H2,(H,15,16). The summed E-state index contributed by atoms with van der Waals surface area (Å²) in [4.78, 5) is 7.29. The highest BCUT2D eigenvalue weighted by Crippen LogP contribution is 2.35. The van der Waals surface area contributed by atoms with Crippen molar-refractivity contribution in [2.45, 2.75) is 18.4 Å². The van der Waals surface area contributed by atoms with Gasteiger partial charge in [-0.05, 0) is 6.07 Å². The van der Waals surface area contributed by atoms with E-state index in [0.29, 0.717) is 6.61 Å². The SMILES string of the molecule is NC(Cc1ncc[nH]1)C1COc2ccccc21. The molecule has 3 rings (SSSR count). The predicted molar refractivity (Wildman–Crippen MR) is 64.9 cm³/mol. The van der Waals surface area contributed by atoms with Crippen LogP contribution in [0, 0.1) is 0 Å². The number of hydrogen-bond donors (Lipinski definition) is 2. The summed E-state index contributed by atoms with van der Waals surface area (Å²) in [5.41, 5.74) is 7.46. The van der Waals surface area contributed by atoms with Crippen molar-refractivity contribution >= 4 is 0 Å². The Morgan fingerprint density at radius 3 is 3.18 bits per heavy atom. The number of fused-ring (bicyclic) bond motifs is 1. The lowest BCUT2D eigenvalue weighted by Crippen LogP contribution is -2.32. The Morgan fingerprint density at radius 1 is 1.47 bits per heavy atom. The molecular formula is C13H15N3O. The minimum atomic E-state index is 0.0322. The Morgan fingerprint density at radius 2 is 2.35 bits per heavy atom. The van der Waals surface area contributed by atoms with E-state index in [-0.39, 0.29) is 12.0 Å². The molecule has 0 saturated heterocycles. The molecule has 0 radical (unpaired) electrons. The van der Waals surface area contributed by atoms with Gasteiger partial charge in [-0.2, -0.15) is 0 Å². The molecule has 0 aliphatic carbocycles. The van der Waals surface area contributed by atoms with Crippen molar-refractivity contribution in [3.63, 3.8) is 0 Å². The summed E-state index contributed by atoms with van der Waals surface area (Å²) in [6.45, 7) is 0.668. The molecule has 1 aromatic carbocycles. The fourth-order valence-electron chi connectivity index (χ4n) is 2.32. The Balaban J connectivity index is 1.78. The lowest BCUT2D eigenvalue weighted by atomic mass is 9.92. The molecule has 1 aliphatic rings. The molecule has 3 N–H and O–H groups in total. The average Bonchev–Trinajstić information content (AvgIpc) is 2.96. The summed E-state index contributed by atoms with van der Waals surface area (Å²) in [7, 11) is 0. The number of H-pyrrole nitrogens is 1. The van der Waals surface area contributed by atoms with Gasteiger partial charge < -0.3 is 15.5 Å². The summed E-state index contributed by atoms with van der Waals surface area (Å²) in [5, 5.41) is 0. The number of nitrogens with zero attached hydrogens (tertiary/aromatic N) is 1. The van der Waals surface area contributed by atoms with Crippen LogP contribution in [0.2, 0.25) is 0 Å². The van der Waals surface area contributed by atoms with Gasteiger partial charge in [0, 0.05) is 36.3 Å². The maximum Gasteiger partial charge on any atom is 0.122 e. The number of rotatable bonds is 3. The van der Waals surface area contributed by atoms with Crippen LogP contribution in [-0.2, 0) is 6.42 Å². The van der Waals surface area contributed by atoms with Crippen LogP contribution in [-0.4, -0.2) is 22.6 Å². The number of aromatic amines is 1. The monoisotopic (exact) mass is 229 g/mol. The van der Waals surface area contributed by atoms with Crippen LogP contribution >= 0.6 is 0 Å². The third-order valence-corrected chi connectivity index (χ3v) is 3.24. The van der Waals surface area contributed by atoms with Crippen LogP contribution in [0.25, 0.3) is 0 Å². The van der Waals surface area contributed by atoms with Gasteiger partial charge in [0.2, 0.25) is 0 Å². The predicted octanol–water partition coefficient (Wildman–Crippen LogP) is 1.46. The normalized spacial score (nSPS) is 19.7. The van der Waals surface area contributed by atoms with E-state index in [1.165, 1.54) is 5.56 Å². The van der Waals surface area contributed by atoms with Crippen LogP contribution in [0.4, 0.5) is 0 Å². The lowest BCUT2D eigenvalue weighted by molar-refractivity contribution is 0.312. The van der Waals surface area contributed by atoms with Crippen molar-refractivity contribution < 1.29 is 4.74 Å². The molecule has 88 valence electrons. The average molecular weight is 229 g/mol. The Hall–Kier alpha value is -1.81. The van der Waals surface area contributed by atoms with E-state index >= 15 is 0 Å². The lowest BCUT2D eigenvalue weighted by Gasteiger charge is -2.16. The second kappa shape index (κ2) is 4.22. The third-order valence-electron chi connectivity index (χ3n) is 3.24. The molecule has 2 atom stereocenters. The molecule has 1 aliphatic heterocycles. The summed E-state index contributed by atoms with van der Waals surface area (Å²) in [6.07, 6.45) is 4.32. The fourth-order valence-corrected chi connectivity index (χ4v) is 2.32. The van der Waals surface area contributed by atoms with E-state index in [2.05, 4.69) is 16.0 Å². The first-order valence-electron chi connectivity index (χ1n) is 5.80. The van der Waals surface area contributed by atoms with Gasteiger partial charge in [0.1, 0.15) is 11.6 Å². The number of aromatic nitrogens is 2. The molecule has 1 aromatic heterocycles. The van der Waals surface area contributed by atoms with Gasteiger partial charge in [-0.1, -0.05) is 18.2 Å². The molecule has 0 fully saturated rings. The Bertz CT molecular complexity index is 495. The topological polar surface area (TPSA) is 63.9 Å². The Labute approximate surface area is 99.8 Å². The van der Waals surface area contributed by atoms with Crippen LogP contribution in [0.5, 0.6) is 5.75 Å². The minimum absolute atomic E-state index is 0.0322.